The van der Waals surface area contributed by atoms with Crippen molar-refractivity contribution in [1.82, 2.24) is 15.1 Å². The first-order valence-corrected chi connectivity index (χ1v) is 7.58. The molecule has 0 bridgehead atoms. The number of aryl methyl sites for hydroxylation is 1. The summed E-state index contributed by atoms with van der Waals surface area (Å²) in [5, 5.41) is 6.85. The molecule has 1 saturated heterocycles. The van der Waals surface area contributed by atoms with Crippen molar-refractivity contribution in [2.75, 3.05) is 6.54 Å². The van der Waals surface area contributed by atoms with Gasteiger partial charge in [0.05, 0.1) is 11.8 Å². The summed E-state index contributed by atoms with van der Waals surface area (Å²) in [6, 6.07) is 0.474. The fourth-order valence-corrected chi connectivity index (χ4v) is 3.77. The highest BCUT2D eigenvalue weighted by molar-refractivity contribution is 5.95. The van der Waals surface area contributed by atoms with Gasteiger partial charge in [0.25, 0.3) is 5.91 Å². The van der Waals surface area contributed by atoms with Crippen LogP contribution in [0.5, 0.6) is 0 Å². The molecule has 4 nitrogen and oxygen atoms in total. The van der Waals surface area contributed by atoms with Crippen LogP contribution in [0.4, 0.5) is 0 Å². The Bertz CT molecular complexity index is 448. The summed E-state index contributed by atoms with van der Waals surface area (Å²) in [5.74, 6) is 0.909. The van der Waals surface area contributed by atoms with E-state index in [2.05, 4.69) is 15.1 Å². The largest absolute Gasteiger partial charge is 0.335 e. The predicted molar refractivity (Wildman–Crippen MR) is 74.0 cm³/mol. The third-order valence-electron chi connectivity index (χ3n) is 4.81. The van der Waals surface area contributed by atoms with Crippen molar-refractivity contribution in [2.24, 2.45) is 5.92 Å². The standard InChI is InChI=1S/C15H23N3O/c1-11-13(10-16-17-11)15(19)18-9-5-8-14(18)12-6-3-2-4-7-12/h10,12,14H,2-9H2,1H3,(H,16,17). The number of hydrogen-bond acceptors (Lipinski definition) is 2. The van der Waals surface area contributed by atoms with Crippen LogP contribution in [-0.2, 0) is 0 Å². The molecule has 1 aliphatic heterocycles. The summed E-state index contributed by atoms with van der Waals surface area (Å²) >= 11 is 0. The van der Waals surface area contributed by atoms with Gasteiger partial charge in [-0.2, -0.15) is 5.10 Å². The fourth-order valence-electron chi connectivity index (χ4n) is 3.77. The summed E-state index contributed by atoms with van der Waals surface area (Å²) in [4.78, 5) is 14.8. The van der Waals surface area contributed by atoms with Crippen molar-refractivity contribution in [1.29, 1.82) is 0 Å². The second-order valence-electron chi connectivity index (χ2n) is 6.01. The molecule has 2 fully saturated rings. The molecule has 1 N–H and O–H groups in total. The maximum Gasteiger partial charge on any atom is 0.257 e. The summed E-state index contributed by atoms with van der Waals surface area (Å²) in [6.45, 7) is 2.84. The van der Waals surface area contributed by atoms with Gasteiger partial charge < -0.3 is 4.90 Å². The minimum atomic E-state index is 0.180. The Morgan fingerprint density at radius 3 is 2.74 bits per heavy atom. The van der Waals surface area contributed by atoms with Gasteiger partial charge in [-0.3, -0.25) is 9.89 Å². The fraction of sp³-hybridized carbons (Fsp3) is 0.733. The second kappa shape index (κ2) is 5.35. The predicted octanol–water partition coefficient (Wildman–Crippen LogP) is 2.90. The van der Waals surface area contributed by atoms with E-state index < -0.39 is 0 Å². The SMILES string of the molecule is Cc1[nH]ncc1C(=O)N1CCCC1C1CCCCC1. The molecule has 1 unspecified atom stereocenters. The van der Waals surface area contributed by atoms with E-state index >= 15 is 0 Å². The Balaban J connectivity index is 1.75. The average molecular weight is 261 g/mol. The first kappa shape index (κ1) is 12.7. The van der Waals surface area contributed by atoms with Crippen LogP contribution in [0.1, 0.15) is 61.0 Å². The number of rotatable bonds is 2. The zero-order chi connectivity index (χ0) is 13.2. The summed E-state index contributed by atoms with van der Waals surface area (Å²) < 4.78 is 0. The van der Waals surface area contributed by atoms with E-state index in [1.165, 1.54) is 38.5 Å². The molecule has 2 heterocycles. The van der Waals surface area contributed by atoms with Crippen LogP contribution in [0.25, 0.3) is 0 Å². The molecule has 1 saturated carbocycles. The molecule has 19 heavy (non-hydrogen) atoms. The van der Waals surface area contributed by atoms with Gasteiger partial charge in [-0.15, -0.1) is 0 Å². The van der Waals surface area contributed by atoms with Gasteiger partial charge in [-0.1, -0.05) is 19.3 Å². The van der Waals surface area contributed by atoms with Gasteiger partial charge in [0.15, 0.2) is 0 Å². The van der Waals surface area contributed by atoms with Crippen molar-refractivity contribution in [2.45, 2.75) is 57.9 Å². The van der Waals surface area contributed by atoms with Crippen LogP contribution in [0.2, 0.25) is 0 Å². The van der Waals surface area contributed by atoms with Crippen molar-refractivity contribution in [3.63, 3.8) is 0 Å². The number of carbonyl (C=O) groups excluding carboxylic acids is 1. The highest BCUT2D eigenvalue weighted by Gasteiger charge is 2.36. The Kier molecular flexibility index (Phi) is 3.58. The van der Waals surface area contributed by atoms with E-state index in [9.17, 15) is 4.79 Å². The second-order valence-corrected chi connectivity index (χ2v) is 6.01. The van der Waals surface area contributed by atoms with Gasteiger partial charge in [-0.25, -0.2) is 0 Å². The minimum Gasteiger partial charge on any atom is -0.335 e. The molecule has 1 amide bonds. The molecule has 0 radical (unpaired) electrons. The van der Waals surface area contributed by atoms with Crippen molar-refractivity contribution >= 4 is 5.91 Å². The zero-order valence-corrected chi connectivity index (χ0v) is 11.7. The number of H-pyrrole nitrogens is 1. The number of aromatic amines is 1. The lowest BCUT2D eigenvalue weighted by Crippen LogP contribution is -2.40. The van der Waals surface area contributed by atoms with Crippen molar-refractivity contribution in [3.8, 4) is 0 Å². The number of hydrogen-bond donors (Lipinski definition) is 1. The quantitative estimate of drug-likeness (QED) is 0.890. The molecule has 1 aromatic rings. The van der Waals surface area contributed by atoms with E-state index in [0.717, 1.165) is 30.1 Å². The first-order valence-electron chi connectivity index (χ1n) is 7.58. The monoisotopic (exact) mass is 261 g/mol. The van der Waals surface area contributed by atoms with E-state index in [0.29, 0.717) is 6.04 Å². The molecule has 4 heteroatoms. The molecule has 104 valence electrons. The van der Waals surface area contributed by atoms with Crippen LogP contribution in [0, 0.1) is 12.8 Å². The lowest BCUT2D eigenvalue weighted by molar-refractivity contribution is 0.0661. The number of amides is 1. The smallest absolute Gasteiger partial charge is 0.257 e. The summed E-state index contributed by atoms with van der Waals surface area (Å²) in [6.07, 6.45) is 10.7. The highest BCUT2D eigenvalue weighted by Crippen LogP contribution is 2.35. The number of carbonyl (C=O) groups is 1. The number of aromatic nitrogens is 2. The first-order chi connectivity index (χ1) is 9.27. The van der Waals surface area contributed by atoms with E-state index in [-0.39, 0.29) is 5.91 Å². The maximum atomic E-state index is 12.6. The van der Waals surface area contributed by atoms with Gasteiger partial charge in [0, 0.05) is 18.3 Å². The number of likely N-dealkylation sites (tertiary alicyclic amines) is 1. The molecule has 2 aliphatic rings. The van der Waals surface area contributed by atoms with Crippen LogP contribution in [0.15, 0.2) is 6.20 Å². The number of nitrogens with one attached hydrogen (secondary N) is 1. The third-order valence-corrected chi connectivity index (χ3v) is 4.81. The summed E-state index contributed by atoms with van der Waals surface area (Å²) in [7, 11) is 0. The molecule has 1 atom stereocenters. The molecule has 1 aliphatic carbocycles. The lowest BCUT2D eigenvalue weighted by atomic mass is 9.83. The molecule has 3 rings (SSSR count). The number of nitrogens with zero attached hydrogens (tertiary/aromatic N) is 2. The highest BCUT2D eigenvalue weighted by atomic mass is 16.2. The Morgan fingerprint density at radius 1 is 1.26 bits per heavy atom. The normalized spacial score (nSPS) is 24.9. The van der Waals surface area contributed by atoms with Crippen LogP contribution >= 0.6 is 0 Å². The Hall–Kier alpha value is -1.32. The van der Waals surface area contributed by atoms with Gasteiger partial charge in [0.1, 0.15) is 0 Å². The molecular weight excluding hydrogens is 238 g/mol. The maximum absolute atomic E-state index is 12.6. The minimum absolute atomic E-state index is 0.180. The van der Waals surface area contributed by atoms with Crippen LogP contribution in [0.3, 0.4) is 0 Å². The zero-order valence-electron chi connectivity index (χ0n) is 11.7. The lowest BCUT2D eigenvalue weighted by Gasteiger charge is -2.34. The van der Waals surface area contributed by atoms with Gasteiger partial charge in [-0.05, 0) is 38.5 Å². The van der Waals surface area contributed by atoms with E-state index in [4.69, 9.17) is 0 Å². The van der Waals surface area contributed by atoms with Gasteiger partial charge >= 0.3 is 0 Å². The van der Waals surface area contributed by atoms with Crippen LogP contribution < -0.4 is 0 Å². The molecule has 0 aromatic carbocycles. The topological polar surface area (TPSA) is 49.0 Å². The average Bonchev–Trinajstić information content (AvgIpc) is 3.07. The molecule has 1 aromatic heterocycles. The van der Waals surface area contributed by atoms with Crippen molar-refractivity contribution in [3.05, 3.63) is 17.5 Å². The van der Waals surface area contributed by atoms with Crippen LogP contribution in [-0.4, -0.2) is 33.6 Å². The summed E-state index contributed by atoms with van der Waals surface area (Å²) in [5.41, 5.74) is 1.64. The van der Waals surface area contributed by atoms with Crippen molar-refractivity contribution < 1.29 is 4.79 Å². The van der Waals surface area contributed by atoms with Gasteiger partial charge in [0.2, 0.25) is 0 Å². The van der Waals surface area contributed by atoms with E-state index in [1.54, 1.807) is 6.20 Å². The Morgan fingerprint density at radius 2 is 2.05 bits per heavy atom. The molecular formula is C15H23N3O. The third kappa shape index (κ3) is 2.40. The Labute approximate surface area is 114 Å². The van der Waals surface area contributed by atoms with E-state index in [1.807, 2.05) is 6.92 Å². The molecule has 0 spiro atoms.